The van der Waals surface area contributed by atoms with E-state index in [1.807, 2.05) is 6.07 Å². The van der Waals surface area contributed by atoms with E-state index in [1.165, 1.54) is 22.8 Å². The molecule has 0 aliphatic carbocycles. The Bertz CT molecular complexity index is 1180. The highest BCUT2D eigenvalue weighted by atomic mass is 32.1. The van der Waals surface area contributed by atoms with Gasteiger partial charge in [-0.1, -0.05) is 19.1 Å². The van der Waals surface area contributed by atoms with Crippen molar-refractivity contribution >= 4 is 34.3 Å². The first-order valence-corrected chi connectivity index (χ1v) is 11.4. The highest BCUT2D eigenvalue weighted by Gasteiger charge is 2.33. The number of hydrogen-bond donors (Lipinski definition) is 2. The zero-order chi connectivity index (χ0) is 22.1. The van der Waals surface area contributed by atoms with Crippen LogP contribution in [0.5, 0.6) is 5.75 Å². The van der Waals surface area contributed by atoms with E-state index in [1.54, 1.807) is 47.7 Å². The number of nitrogens with zero attached hydrogens (tertiary/aromatic N) is 1. The second kappa shape index (κ2) is 8.64. The molecule has 2 aromatic heterocycles. The third kappa shape index (κ3) is 4.06. The predicted molar refractivity (Wildman–Crippen MR) is 123 cm³/mol. The van der Waals surface area contributed by atoms with Gasteiger partial charge in [0.25, 0.3) is 5.91 Å². The molecule has 0 fully saturated rings. The fraction of sp³-hybridized carbons (Fsp3) is 0.250. The average Bonchev–Trinajstić information content (AvgIpc) is 3.45. The van der Waals surface area contributed by atoms with Gasteiger partial charge in [-0.05, 0) is 54.4 Å². The molecule has 0 unspecified atom stereocenters. The number of anilines is 1. The van der Waals surface area contributed by atoms with Crippen LogP contribution in [0, 0.1) is 0 Å². The maximum atomic E-state index is 13.0. The summed E-state index contributed by atoms with van der Waals surface area (Å²) in [6.07, 6.45) is 4.90. The van der Waals surface area contributed by atoms with Gasteiger partial charge in [0.1, 0.15) is 22.7 Å². The molecule has 0 saturated heterocycles. The van der Waals surface area contributed by atoms with Crippen LogP contribution in [-0.2, 0) is 17.8 Å². The molecule has 2 aliphatic rings. The molecule has 0 saturated carbocycles. The second-order valence-corrected chi connectivity index (χ2v) is 8.83. The quantitative estimate of drug-likeness (QED) is 0.345. The minimum Gasteiger partial charge on any atom is -0.465 e. The molecule has 2 aliphatic heterocycles. The van der Waals surface area contributed by atoms with Crippen LogP contribution in [0.2, 0.25) is 0 Å². The number of thiophene rings is 1. The number of ether oxygens (including phenoxy) is 1. The fourth-order valence-corrected chi connectivity index (χ4v) is 5.36. The first-order chi connectivity index (χ1) is 15.6. The van der Waals surface area contributed by atoms with Crippen molar-refractivity contribution in [2.75, 3.05) is 18.4 Å². The fourth-order valence-electron chi connectivity index (χ4n) is 4.05. The predicted octanol–water partition coefficient (Wildman–Crippen LogP) is 4.19. The molecular formula is C24H23N3O4S. The zero-order valence-electron chi connectivity index (χ0n) is 17.6. The Labute approximate surface area is 189 Å². The summed E-state index contributed by atoms with van der Waals surface area (Å²) in [5, 5.41) is 7.42. The smallest absolute Gasteiger partial charge is 0.336 e. The second-order valence-electron chi connectivity index (χ2n) is 7.72. The third-order valence-corrected chi connectivity index (χ3v) is 6.85. The van der Waals surface area contributed by atoms with Crippen molar-refractivity contribution in [2.24, 2.45) is 0 Å². The average molecular weight is 450 g/mol. The van der Waals surface area contributed by atoms with Gasteiger partial charge in [0, 0.05) is 24.0 Å². The molecule has 4 heterocycles. The number of fused-ring (bicyclic) bond motifs is 3. The van der Waals surface area contributed by atoms with E-state index in [4.69, 9.17) is 9.15 Å². The van der Waals surface area contributed by atoms with Crippen LogP contribution >= 0.6 is 11.3 Å². The Morgan fingerprint density at radius 3 is 3.03 bits per heavy atom. The number of rotatable bonds is 5. The Balaban J connectivity index is 1.32. The number of hydrogen-bond acceptors (Lipinski definition) is 7. The topological polar surface area (TPSA) is 83.8 Å². The van der Waals surface area contributed by atoms with E-state index >= 15 is 0 Å². The number of nitrogens with one attached hydrogen (secondary N) is 2. The molecule has 2 N–H and O–H groups in total. The summed E-state index contributed by atoms with van der Waals surface area (Å²) in [5.41, 5.74) is 2.76. The Morgan fingerprint density at radius 1 is 1.31 bits per heavy atom. The lowest BCUT2D eigenvalue weighted by molar-refractivity contribution is -0.128. The lowest BCUT2D eigenvalue weighted by Crippen LogP contribution is -2.38. The maximum absolute atomic E-state index is 13.0. The van der Waals surface area contributed by atoms with Gasteiger partial charge >= 0.3 is 5.97 Å². The lowest BCUT2D eigenvalue weighted by atomic mass is 10.0. The molecule has 1 aromatic carbocycles. The van der Waals surface area contributed by atoms with Crippen LogP contribution in [0.25, 0.3) is 6.08 Å². The number of amides is 1. The molecule has 164 valence electrons. The van der Waals surface area contributed by atoms with E-state index in [2.05, 4.69) is 22.5 Å². The number of esters is 1. The van der Waals surface area contributed by atoms with Gasteiger partial charge < -0.3 is 19.8 Å². The molecule has 0 spiro atoms. The van der Waals surface area contributed by atoms with Crippen LogP contribution in [0.15, 0.2) is 53.2 Å². The normalized spacial score (nSPS) is 18.0. The molecule has 1 atom stereocenters. The summed E-state index contributed by atoms with van der Waals surface area (Å²) < 4.78 is 10.6. The summed E-state index contributed by atoms with van der Waals surface area (Å²) in [6.45, 7) is 5.03. The molecule has 7 nitrogen and oxygen atoms in total. The number of benzene rings is 1. The Hall–Kier alpha value is -3.36. The van der Waals surface area contributed by atoms with Gasteiger partial charge in [-0.25, -0.2) is 4.79 Å². The summed E-state index contributed by atoms with van der Waals surface area (Å²) in [4.78, 5) is 28.7. The lowest BCUT2D eigenvalue weighted by Gasteiger charge is -2.28. The van der Waals surface area contributed by atoms with Crippen LogP contribution < -0.4 is 15.4 Å². The van der Waals surface area contributed by atoms with Crippen molar-refractivity contribution in [2.45, 2.75) is 26.1 Å². The molecule has 8 heteroatoms. The van der Waals surface area contributed by atoms with Gasteiger partial charge in [0.15, 0.2) is 0 Å². The van der Waals surface area contributed by atoms with E-state index < -0.39 is 12.1 Å². The van der Waals surface area contributed by atoms with Gasteiger partial charge in [0.2, 0.25) is 0 Å². The minimum atomic E-state index is -0.507. The summed E-state index contributed by atoms with van der Waals surface area (Å²) in [6, 6.07) is 10.7. The molecule has 5 rings (SSSR count). The van der Waals surface area contributed by atoms with Crippen LogP contribution in [0.4, 0.5) is 5.00 Å². The molecule has 32 heavy (non-hydrogen) atoms. The van der Waals surface area contributed by atoms with Crippen molar-refractivity contribution in [3.05, 3.63) is 76.1 Å². The number of carbonyl (C=O) groups excluding carboxylic acids is 2. The van der Waals surface area contributed by atoms with E-state index in [9.17, 15) is 9.59 Å². The largest absolute Gasteiger partial charge is 0.465 e. The van der Waals surface area contributed by atoms with E-state index in [0.717, 1.165) is 42.2 Å². The zero-order valence-corrected chi connectivity index (χ0v) is 18.4. The van der Waals surface area contributed by atoms with Crippen molar-refractivity contribution in [1.29, 1.82) is 0 Å². The molecule has 1 amide bonds. The highest BCUT2D eigenvalue weighted by Crippen LogP contribution is 2.40. The number of carbonyl (C=O) groups is 2. The van der Waals surface area contributed by atoms with Crippen LogP contribution in [-0.4, -0.2) is 29.9 Å². The van der Waals surface area contributed by atoms with Crippen molar-refractivity contribution < 1.29 is 18.7 Å². The first-order valence-electron chi connectivity index (χ1n) is 10.6. The molecule has 3 aromatic rings. The minimum absolute atomic E-state index is 0.0602. The number of likely N-dealkylation sites (N-methyl/N-ethyl adjacent to an activating group) is 1. The monoisotopic (exact) mass is 449 g/mol. The summed E-state index contributed by atoms with van der Waals surface area (Å²) in [7, 11) is 0. The van der Waals surface area contributed by atoms with Crippen molar-refractivity contribution in [3.63, 3.8) is 0 Å². The van der Waals surface area contributed by atoms with E-state index in [-0.39, 0.29) is 5.91 Å². The highest BCUT2D eigenvalue weighted by molar-refractivity contribution is 7.16. The van der Waals surface area contributed by atoms with Gasteiger partial charge in [-0.3, -0.25) is 9.69 Å². The number of furan rings is 1. The van der Waals surface area contributed by atoms with Crippen LogP contribution in [0.1, 0.15) is 45.2 Å². The molecular weight excluding hydrogens is 426 g/mol. The Kier molecular flexibility index (Phi) is 5.55. The van der Waals surface area contributed by atoms with Crippen molar-refractivity contribution in [1.82, 2.24) is 10.2 Å². The summed E-state index contributed by atoms with van der Waals surface area (Å²) in [5.74, 6) is 0.409. The van der Waals surface area contributed by atoms with Crippen molar-refractivity contribution in [3.8, 4) is 5.75 Å². The molecule has 0 bridgehead atoms. The van der Waals surface area contributed by atoms with Gasteiger partial charge in [-0.15, -0.1) is 11.3 Å². The summed E-state index contributed by atoms with van der Waals surface area (Å²) >= 11 is 1.66. The Morgan fingerprint density at radius 2 is 2.22 bits per heavy atom. The third-order valence-electron chi connectivity index (χ3n) is 5.70. The van der Waals surface area contributed by atoms with E-state index in [0.29, 0.717) is 11.5 Å². The van der Waals surface area contributed by atoms with Gasteiger partial charge in [0.05, 0.1) is 11.8 Å². The standard InChI is InChI=1S/C24H23N3O4S/c1-2-27-11-10-18-19(14-27)32-24-21(18)23(29)25-22(26-24)15-5-3-6-17(13-15)31-20(28)9-8-16-7-4-12-30-16/h3-9,12-13,22,26H,2,10-11,14H2,1H3,(H,25,29)/b9-8+/t22-/m0/s1. The molecule has 0 radical (unpaired) electrons. The first kappa shape index (κ1) is 20.5. The maximum Gasteiger partial charge on any atom is 0.336 e. The SMILES string of the molecule is CCN1CCc2c(sc3c2C(=O)N[C@H](c2cccc(OC(=O)/C=C/c4ccco4)c2)N3)C1. The van der Waals surface area contributed by atoms with Crippen LogP contribution in [0.3, 0.4) is 0 Å². The van der Waals surface area contributed by atoms with Gasteiger partial charge in [-0.2, -0.15) is 0 Å².